The summed E-state index contributed by atoms with van der Waals surface area (Å²) in [5.74, 6) is -0.786. The van der Waals surface area contributed by atoms with Gasteiger partial charge in [0.05, 0.1) is 22.6 Å². The summed E-state index contributed by atoms with van der Waals surface area (Å²) < 4.78 is 1.57. The van der Waals surface area contributed by atoms with Gasteiger partial charge in [-0.2, -0.15) is 0 Å². The molecule has 1 atom stereocenters. The summed E-state index contributed by atoms with van der Waals surface area (Å²) in [5, 5.41) is 18.4. The molecule has 0 saturated carbocycles. The number of carboxylic acids is 1. The largest absolute Gasteiger partial charge is 0.480 e. The molecule has 1 N–H and O–H groups in total. The lowest BCUT2D eigenvalue weighted by Crippen LogP contribution is -2.35. The molecule has 1 unspecified atom stereocenters. The molecule has 22 heavy (non-hydrogen) atoms. The Morgan fingerprint density at radius 2 is 2.23 bits per heavy atom. The van der Waals surface area contributed by atoms with Crippen molar-refractivity contribution in [1.29, 1.82) is 0 Å². The number of hydrogen-bond acceptors (Lipinski definition) is 4. The van der Waals surface area contributed by atoms with E-state index < -0.39 is 12.0 Å². The first-order valence-electron chi connectivity index (χ1n) is 6.88. The van der Waals surface area contributed by atoms with Crippen molar-refractivity contribution in [3.05, 3.63) is 40.1 Å². The second-order valence-corrected chi connectivity index (χ2v) is 6.06. The number of carboxylic acid groups (broad SMARTS) is 1. The number of likely N-dealkylation sites (tertiary alicyclic amines) is 1. The summed E-state index contributed by atoms with van der Waals surface area (Å²) in [6.07, 6.45) is 3.31. The van der Waals surface area contributed by atoms with E-state index in [1.807, 2.05) is 4.90 Å². The number of carbonyl (C=O) groups is 1. The van der Waals surface area contributed by atoms with Gasteiger partial charge in [-0.1, -0.05) is 28.4 Å². The molecule has 1 aliphatic rings. The third-order valence-electron chi connectivity index (χ3n) is 3.71. The maximum atomic E-state index is 11.2. The highest BCUT2D eigenvalue weighted by Crippen LogP contribution is 2.24. The molecule has 6 nitrogen and oxygen atoms in total. The van der Waals surface area contributed by atoms with Crippen molar-refractivity contribution in [2.24, 2.45) is 0 Å². The van der Waals surface area contributed by atoms with Crippen LogP contribution in [0, 0.1) is 0 Å². The predicted molar refractivity (Wildman–Crippen MR) is 82.4 cm³/mol. The first kappa shape index (κ1) is 15.3. The number of nitrogens with zero attached hydrogens (tertiary/aromatic N) is 4. The average molecular weight is 341 g/mol. The molecular formula is C14H14Cl2N4O2. The van der Waals surface area contributed by atoms with Gasteiger partial charge in [-0.15, -0.1) is 5.10 Å². The fourth-order valence-corrected chi connectivity index (χ4v) is 3.15. The quantitative estimate of drug-likeness (QED) is 0.926. The van der Waals surface area contributed by atoms with Crippen LogP contribution in [0.1, 0.15) is 18.5 Å². The van der Waals surface area contributed by atoms with E-state index in [9.17, 15) is 9.90 Å². The van der Waals surface area contributed by atoms with Gasteiger partial charge in [0.1, 0.15) is 6.04 Å². The zero-order chi connectivity index (χ0) is 15.7. The molecule has 1 aliphatic heterocycles. The van der Waals surface area contributed by atoms with Gasteiger partial charge in [0.2, 0.25) is 0 Å². The van der Waals surface area contributed by atoms with Gasteiger partial charge in [-0.25, -0.2) is 4.68 Å². The van der Waals surface area contributed by atoms with E-state index in [2.05, 4.69) is 10.3 Å². The molecule has 0 bridgehead atoms. The van der Waals surface area contributed by atoms with Gasteiger partial charge in [-0.05, 0) is 37.6 Å². The lowest BCUT2D eigenvalue weighted by Gasteiger charge is -2.19. The molecule has 1 aromatic heterocycles. The van der Waals surface area contributed by atoms with Crippen molar-refractivity contribution in [1.82, 2.24) is 19.9 Å². The zero-order valence-corrected chi connectivity index (χ0v) is 13.1. The highest BCUT2D eigenvalue weighted by atomic mass is 35.5. The molecular weight excluding hydrogens is 327 g/mol. The van der Waals surface area contributed by atoms with Gasteiger partial charge in [0.25, 0.3) is 0 Å². The number of aromatic nitrogens is 3. The van der Waals surface area contributed by atoms with Crippen LogP contribution < -0.4 is 0 Å². The number of aliphatic carboxylic acids is 1. The molecule has 1 saturated heterocycles. The van der Waals surface area contributed by atoms with Gasteiger partial charge >= 0.3 is 5.97 Å². The molecule has 0 amide bonds. The smallest absolute Gasteiger partial charge is 0.320 e. The van der Waals surface area contributed by atoms with Crippen LogP contribution >= 0.6 is 23.2 Å². The van der Waals surface area contributed by atoms with Crippen LogP contribution in [0.25, 0.3) is 5.69 Å². The van der Waals surface area contributed by atoms with E-state index in [-0.39, 0.29) is 0 Å². The number of rotatable bonds is 4. The molecule has 2 heterocycles. The molecule has 2 aromatic rings. The Morgan fingerprint density at radius 1 is 1.41 bits per heavy atom. The molecule has 3 rings (SSSR count). The normalized spacial score (nSPS) is 18.7. The van der Waals surface area contributed by atoms with Gasteiger partial charge in [0.15, 0.2) is 0 Å². The van der Waals surface area contributed by atoms with Crippen LogP contribution in [-0.2, 0) is 11.3 Å². The fraction of sp³-hybridized carbons (Fsp3) is 0.357. The minimum absolute atomic E-state index is 0.440. The van der Waals surface area contributed by atoms with Crippen LogP contribution in [0.3, 0.4) is 0 Å². The second kappa shape index (κ2) is 6.24. The summed E-state index contributed by atoms with van der Waals surface area (Å²) >= 11 is 12.0. The number of halogens is 2. The Morgan fingerprint density at radius 3 is 2.95 bits per heavy atom. The van der Waals surface area contributed by atoms with E-state index in [0.717, 1.165) is 13.0 Å². The first-order valence-corrected chi connectivity index (χ1v) is 7.63. The van der Waals surface area contributed by atoms with Crippen molar-refractivity contribution >= 4 is 29.2 Å². The molecule has 116 valence electrons. The van der Waals surface area contributed by atoms with Crippen LogP contribution in [-0.4, -0.2) is 43.6 Å². The maximum Gasteiger partial charge on any atom is 0.320 e. The lowest BCUT2D eigenvalue weighted by atomic mass is 10.2. The monoisotopic (exact) mass is 340 g/mol. The van der Waals surface area contributed by atoms with E-state index in [4.69, 9.17) is 23.2 Å². The van der Waals surface area contributed by atoms with E-state index in [1.165, 1.54) is 0 Å². The zero-order valence-electron chi connectivity index (χ0n) is 11.6. The lowest BCUT2D eigenvalue weighted by molar-refractivity contribution is -0.142. The Hall–Kier alpha value is -1.63. The summed E-state index contributed by atoms with van der Waals surface area (Å²) in [6.45, 7) is 1.22. The standard InChI is InChI=1S/C14H14Cl2N4O2/c15-9-3-4-12(11(16)6-9)20-8-10(17-18-20)7-19-5-1-2-13(19)14(21)22/h3-4,6,8,13H,1-2,5,7H2,(H,21,22). The number of hydrogen-bond donors (Lipinski definition) is 1. The minimum atomic E-state index is -0.786. The third kappa shape index (κ3) is 3.09. The molecule has 8 heteroatoms. The summed E-state index contributed by atoms with van der Waals surface area (Å²) in [4.78, 5) is 13.1. The molecule has 1 fully saturated rings. The second-order valence-electron chi connectivity index (χ2n) is 5.22. The highest BCUT2D eigenvalue weighted by Gasteiger charge is 2.30. The van der Waals surface area contributed by atoms with E-state index >= 15 is 0 Å². The Bertz CT molecular complexity index is 704. The minimum Gasteiger partial charge on any atom is -0.480 e. The highest BCUT2D eigenvalue weighted by molar-refractivity contribution is 6.35. The Kier molecular flexibility index (Phi) is 4.33. The molecule has 0 aliphatic carbocycles. The first-order chi connectivity index (χ1) is 10.5. The maximum absolute atomic E-state index is 11.2. The van der Waals surface area contributed by atoms with Crippen molar-refractivity contribution < 1.29 is 9.90 Å². The van der Waals surface area contributed by atoms with Crippen molar-refractivity contribution in [2.75, 3.05) is 6.54 Å². The number of benzene rings is 1. The van der Waals surface area contributed by atoms with Crippen molar-refractivity contribution in [2.45, 2.75) is 25.4 Å². The molecule has 1 aromatic carbocycles. The van der Waals surface area contributed by atoms with Gasteiger partial charge in [0, 0.05) is 11.6 Å². The predicted octanol–water partition coefficient (Wildman–Crippen LogP) is 2.62. The SMILES string of the molecule is O=C(O)C1CCCN1Cc1cn(-c2ccc(Cl)cc2Cl)nn1. The molecule has 0 radical (unpaired) electrons. The summed E-state index contributed by atoms with van der Waals surface area (Å²) in [6, 6.07) is 4.69. The summed E-state index contributed by atoms with van der Waals surface area (Å²) in [5.41, 5.74) is 1.39. The van der Waals surface area contributed by atoms with Crippen LogP contribution in [0.4, 0.5) is 0 Å². The van der Waals surface area contributed by atoms with E-state index in [0.29, 0.717) is 34.4 Å². The van der Waals surface area contributed by atoms with Gasteiger partial charge < -0.3 is 5.11 Å². The topological polar surface area (TPSA) is 71.2 Å². The van der Waals surface area contributed by atoms with Crippen molar-refractivity contribution in [3.63, 3.8) is 0 Å². The summed E-state index contributed by atoms with van der Waals surface area (Å²) in [7, 11) is 0. The average Bonchev–Trinajstić information content (AvgIpc) is 3.08. The fourth-order valence-electron chi connectivity index (χ4n) is 2.66. The third-order valence-corrected chi connectivity index (χ3v) is 4.25. The Labute approximate surface area is 137 Å². The Balaban J connectivity index is 1.78. The van der Waals surface area contributed by atoms with Crippen LogP contribution in [0.2, 0.25) is 10.0 Å². The van der Waals surface area contributed by atoms with E-state index in [1.54, 1.807) is 29.1 Å². The van der Waals surface area contributed by atoms with Crippen LogP contribution in [0.5, 0.6) is 0 Å². The molecule has 0 spiro atoms. The van der Waals surface area contributed by atoms with Crippen LogP contribution in [0.15, 0.2) is 24.4 Å². The van der Waals surface area contributed by atoms with Gasteiger partial charge in [-0.3, -0.25) is 9.69 Å². The van der Waals surface area contributed by atoms with Crippen molar-refractivity contribution in [3.8, 4) is 5.69 Å².